The van der Waals surface area contributed by atoms with E-state index >= 15 is 0 Å². The van der Waals surface area contributed by atoms with Crippen LogP contribution in [-0.4, -0.2) is 69.3 Å². The van der Waals surface area contributed by atoms with Crippen molar-refractivity contribution in [2.24, 2.45) is 11.8 Å². The number of para-hydroxylation sites is 1. The summed E-state index contributed by atoms with van der Waals surface area (Å²) in [5.41, 5.74) is -1.39. The predicted molar refractivity (Wildman–Crippen MR) is 137 cm³/mol. The quantitative estimate of drug-likeness (QED) is 0.224. The minimum atomic E-state index is -2.10. The van der Waals surface area contributed by atoms with Gasteiger partial charge in [-0.1, -0.05) is 18.6 Å². The Morgan fingerprint density at radius 1 is 1.02 bits per heavy atom. The van der Waals surface area contributed by atoms with Crippen LogP contribution in [0, 0.1) is 35.4 Å². The summed E-state index contributed by atoms with van der Waals surface area (Å²) in [5.74, 6) is -14.5. The van der Waals surface area contributed by atoms with E-state index in [1.807, 2.05) is 0 Å². The van der Waals surface area contributed by atoms with Crippen molar-refractivity contribution in [1.82, 2.24) is 15.6 Å². The number of amides is 2. The first-order chi connectivity index (χ1) is 20.3. The highest BCUT2D eigenvalue weighted by molar-refractivity contribution is 6.00. The molecule has 4 rings (SSSR count). The first-order valence-corrected chi connectivity index (χ1v) is 13.5. The molecule has 1 unspecified atom stereocenters. The Kier molecular flexibility index (Phi) is 9.52. The van der Waals surface area contributed by atoms with Crippen molar-refractivity contribution in [2.45, 2.75) is 69.9 Å². The van der Waals surface area contributed by atoms with Crippen LogP contribution >= 0.6 is 0 Å². The summed E-state index contributed by atoms with van der Waals surface area (Å²) in [6.07, 6.45) is -4.08. The second-order valence-electron chi connectivity index (χ2n) is 10.6. The monoisotopic (exact) mass is 611 g/mol. The fourth-order valence-corrected chi connectivity index (χ4v) is 4.84. The Bertz CT molecular complexity index is 1420. The molecule has 6 atom stereocenters. The fraction of sp³-hybridized carbons (Fsp3) is 0.464. The molecule has 1 aromatic heterocycles. The number of phenols is 1. The van der Waals surface area contributed by atoms with Gasteiger partial charge in [0, 0.05) is 17.9 Å². The molecule has 1 saturated heterocycles. The molecule has 2 aromatic rings. The van der Waals surface area contributed by atoms with Gasteiger partial charge >= 0.3 is 11.9 Å². The average molecular weight is 612 g/mol. The highest BCUT2D eigenvalue weighted by atomic mass is 19.2. The number of aliphatic hydroxyl groups excluding tert-OH is 1. The van der Waals surface area contributed by atoms with E-state index in [0.717, 1.165) is 13.3 Å². The largest absolute Gasteiger partial charge is 0.507 e. The van der Waals surface area contributed by atoms with E-state index < -0.39 is 107 Å². The van der Waals surface area contributed by atoms with Crippen LogP contribution in [0.3, 0.4) is 0 Å². The van der Waals surface area contributed by atoms with Crippen LogP contribution in [0.2, 0.25) is 0 Å². The van der Waals surface area contributed by atoms with Gasteiger partial charge in [0.2, 0.25) is 23.8 Å². The van der Waals surface area contributed by atoms with Gasteiger partial charge in [-0.2, -0.15) is 18.2 Å². The molecule has 2 amide bonds. The number of carbonyl (C=O) groups is 4. The number of pyridine rings is 1. The lowest BCUT2D eigenvalue weighted by molar-refractivity contribution is -0.183. The van der Waals surface area contributed by atoms with Crippen LogP contribution in [0.1, 0.15) is 49.0 Å². The standard InChI is InChI=1S/C28H29F4N3O8/c1-11-21(37)16(10-15-18(29)19(30)24(32)35-23(15)31)33-26(39)20(34-25(38)14-8-3-4-9-17(14)36)12(2)42-28(41)22(43-27(11)40)13-6-5-7-13/h3-4,8-9,11-13,16,20-22,36-37H,5-7,10H2,1-2H3,(H,33,39)(H,34,38)/t11-,12-,16+,20+,21+,22?/m1/s1. The van der Waals surface area contributed by atoms with E-state index in [1.165, 1.54) is 31.2 Å². The number of nitrogens with one attached hydrogen (secondary N) is 2. The first-order valence-electron chi connectivity index (χ1n) is 13.5. The molecule has 11 nitrogen and oxygen atoms in total. The molecule has 15 heteroatoms. The lowest BCUT2D eigenvalue weighted by Crippen LogP contribution is -2.59. The number of aromatic hydroxyl groups is 1. The maximum atomic E-state index is 14.6. The third-order valence-electron chi connectivity index (χ3n) is 7.67. The molecule has 0 radical (unpaired) electrons. The van der Waals surface area contributed by atoms with Crippen molar-refractivity contribution >= 4 is 23.8 Å². The Labute approximate surface area is 242 Å². The number of nitrogens with zero attached hydrogens (tertiary/aromatic N) is 1. The van der Waals surface area contributed by atoms with Crippen LogP contribution in [0.15, 0.2) is 24.3 Å². The molecular formula is C28H29F4N3O8. The van der Waals surface area contributed by atoms with Crippen molar-refractivity contribution in [3.63, 3.8) is 0 Å². The molecule has 1 saturated carbocycles. The maximum Gasteiger partial charge on any atom is 0.348 e. The van der Waals surface area contributed by atoms with Crippen molar-refractivity contribution in [2.75, 3.05) is 0 Å². The number of hydrogen-bond acceptors (Lipinski definition) is 9. The molecule has 232 valence electrons. The van der Waals surface area contributed by atoms with E-state index in [-0.39, 0.29) is 5.56 Å². The minimum Gasteiger partial charge on any atom is -0.507 e. The number of phenolic OH excluding ortho intramolecular Hbond substituents is 1. The van der Waals surface area contributed by atoms with Crippen LogP contribution in [0.25, 0.3) is 0 Å². The van der Waals surface area contributed by atoms with Gasteiger partial charge in [0.15, 0.2) is 5.82 Å². The first kappa shape index (κ1) is 31.7. The molecule has 0 spiro atoms. The van der Waals surface area contributed by atoms with E-state index in [9.17, 15) is 47.0 Å². The summed E-state index contributed by atoms with van der Waals surface area (Å²) < 4.78 is 67.3. The van der Waals surface area contributed by atoms with Crippen molar-refractivity contribution in [3.8, 4) is 5.75 Å². The smallest absolute Gasteiger partial charge is 0.348 e. The Morgan fingerprint density at radius 3 is 2.33 bits per heavy atom. The third-order valence-corrected chi connectivity index (χ3v) is 7.67. The minimum absolute atomic E-state index is 0.247. The Morgan fingerprint density at radius 2 is 1.70 bits per heavy atom. The number of aromatic nitrogens is 1. The van der Waals surface area contributed by atoms with Crippen molar-refractivity contribution in [1.29, 1.82) is 0 Å². The molecule has 2 aliphatic rings. The van der Waals surface area contributed by atoms with Crippen LogP contribution in [0.4, 0.5) is 17.6 Å². The van der Waals surface area contributed by atoms with Gasteiger partial charge in [-0.25, -0.2) is 9.18 Å². The zero-order chi connectivity index (χ0) is 31.6. The van der Waals surface area contributed by atoms with E-state index in [2.05, 4.69) is 15.6 Å². The van der Waals surface area contributed by atoms with Gasteiger partial charge in [-0.05, 0) is 38.8 Å². The summed E-state index contributed by atoms with van der Waals surface area (Å²) in [6, 6.07) is 1.85. The highest BCUT2D eigenvalue weighted by Crippen LogP contribution is 2.33. The molecule has 1 aliphatic heterocycles. The van der Waals surface area contributed by atoms with Crippen molar-refractivity contribution < 1.29 is 56.4 Å². The van der Waals surface area contributed by atoms with E-state index in [4.69, 9.17) is 9.47 Å². The van der Waals surface area contributed by atoms with Gasteiger partial charge in [-0.15, -0.1) is 0 Å². The molecule has 4 N–H and O–H groups in total. The van der Waals surface area contributed by atoms with Gasteiger partial charge in [0.1, 0.15) is 17.9 Å². The number of cyclic esters (lactones) is 2. The van der Waals surface area contributed by atoms with E-state index in [0.29, 0.717) is 12.8 Å². The number of ether oxygens (including phenoxy) is 2. The van der Waals surface area contributed by atoms with Crippen LogP contribution < -0.4 is 10.6 Å². The Balaban J connectivity index is 1.73. The van der Waals surface area contributed by atoms with Gasteiger partial charge < -0.3 is 30.3 Å². The van der Waals surface area contributed by atoms with Gasteiger partial charge in [-0.3, -0.25) is 14.4 Å². The number of hydrogen-bond donors (Lipinski definition) is 4. The number of halogens is 4. The van der Waals surface area contributed by atoms with Gasteiger partial charge in [0.25, 0.3) is 11.9 Å². The predicted octanol–water partition coefficient (Wildman–Crippen LogP) is 1.82. The zero-order valence-electron chi connectivity index (χ0n) is 23.0. The maximum absolute atomic E-state index is 14.6. The fourth-order valence-electron chi connectivity index (χ4n) is 4.84. The molecule has 43 heavy (non-hydrogen) atoms. The average Bonchev–Trinajstić information content (AvgIpc) is 2.93. The summed E-state index contributed by atoms with van der Waals surface area (Å²) in [6.45, 7) is 2.41. The summed E-state index contributed by atoms with van der Waals surface area (Å²) in [7, 11) is 0. The number of aliphatic hydroxyl groups is 1. The molecule has 1 aliphatic carbocycles. The Hall–Kier alpha value is -4.27. The number of carbonyl (C=O) groups excluding carboxylic acids is 4. The van der Waals surface area contributed by atoms with Crippen LogP contribution in [-0.2, 0) is 30.3 Å². The molecule has 2 fully saturated rings. The summed E-state index contributed by atoms with van der Waals surface area (Å²) in [4.78, 5) is 55.3. The normalized spacial score (nSPS) is 27.1. The second-order valence-corrected chi connectivity index (χ2v) is 10.6. The number of rotatable bonds is 5. The van der Waals surface area contributed by atoms with Crippen LogP contribution in [0.5, 0.6) is 5.75 Å². The molecule has 2 heterocycles. The number of benzene rings is 1. The lowest BCUT2D eigenvalue weighted by Gasteiger charge is -2.36. The molecule has 1 aromatic carbocycles. The summed E-state index contributed by atoms with van der Waals surface area (Å²) >= 11 is 0. The topological polar surface area (TPSA) is 164 Å². The zero-order valence-corrected chi connectivity index (χ0v) is 23.0. The summed E-state index contributed by atoms with van der Waals surface area (Å²) in [5, 5.41) is 25.8. The molecular weight excluding hydrogens is 582 g/mol. The second kappa shape index (κ2) is 12.9. The molecule has 0 bridgehead atoms. The SMILES string of the molecule is C[C@H]1OC(=O)C(C2CCC2)OC(=O)[C@H](C)[C@H](O)[C@H](Cc2c(F)nc(F)c(F)c2F)NC(=O)[C@H]1NC(=O)c1ccccc1O. The lowest BCUT2D eigenvalue weighted by atomic mass is 9.81. The third kappa shape index (κ3) is 6.71. The van der Waals surface area contributed by atoms with Gasteiger partial charge in [0.05, 0.1) is 23.6 Å². The number of esters is 2. The van der Waals surface area contributed by atoms with Crippen molar-refractivity contribution in [3.05, 3.63) is 58.9 Å². The van der Waals surface area contributed by atoms with E-state index in [1.54, 1.807) is 0 Å². The highest BCUT2D eigenvalue weighted by Gasteiger charge is 2.44.